The Morgan fingerprint density at radius 3 is 2.72 bits per heavy atom. The monoisotopic (exact) mass is 493 g/mol. The van der Waals surface area contributed by atoms with Crippen LogP contribution in [0.5, 0.6) is 11.5 Å². The molecule has 0 radical (unpaired) electrons. The van der Waals surface area contributed by atoms with E-state index < -0.39 is 5.97 Å². The smallest absolute Gasteiger partial charge is 0.363 e. The van der Waals surface area contributed by atoms with Crippen molar-refractivity contribution in [1.82, 2.24) is 0 Å². The molecule has 0 N–H and O–H groups in total. The fourth-order valence-electron chi connectivity index (χ4n) is 3.39. The zero-order valence-electron chi connectivity index (χ0n) is 17.6. The maximum atomic E-state index is 12.5. The minimum absolute atomic E-state index is 0.164. The molecule has 3 aromatic rings. The second-order valence-electron chi connectivity index (χ2n) is 7.12. The molecule has 1 aliphatic rings. The highest BCUT2D eigenvalue weighted by Gasteiger charge is 2.25. The summed E-state index contributed by atoms with van der Waals surface area (Å²) in [6, 6.07) is 17.0. The van der Waals surface area contributed by atoms with Crippen molar-refractivity contribution in [2.45, 2.75) is 19.8 Å². The number of nitrogens with zero attached hydrogens (tertiary/aromatic N) is 1. The minimum Gasteiger partial charge on any atom is -0.493 e. The van der Waals surface area contributed by atoms with E-state index in [1.165, 1.54) is 7.11 Å². The Morgan fingerprint density at radius 1 is 1.16 bits per heavy atom. The lowest BCUT2D eigenvalue weighted by molar-refractivity contribution is -0.134. The Morgan fingerprint density at radius 2 is 1.94 bits per heavy atom. The number of esters is 2. The first-order valence-electron chi connectivity index (χ1n) is 10.1. The molecule has 0 spiro atoms. The van der Waals surface area contributed by atoms with Gasteiger partial charge in [0.1, 0.15) is 0 Å². The number of aliphatic imine (C=N–C) groups is 1. The number of methoxy groups -OCH3 is 1. The summed E-state index contributed by atoms with van der Waals surface area (Å²) >= 11 is 3.42. The van der Waals surface area contributed by atoms with Crippen molar-refractivity contribution in [3.63, 3.8) is 0 Å². The Bertz CT molecular complexity index is 1270. The third kappa shape index (κ3) is 4.43. The molecule has 0 amide bonds. The summed E-state index contributed by atoms with van der Waals surface area (Å²) in [6.45, 7) is 1.90. The number of hydrogen-bond acceptors (Lipinski definition) is 6. The molecule has 1 heterocycles. The van der Waals surface area contributed by atoms with Crippen LogP contribution in [0.4, 0.5) is 0 Å². The van der Waals surface area contributed by atoms with E-state index in [2.05, 4.69) is 20.9 Å². The fourth-order valence-corrected chi connectivity index (χ4v) is 3.93. The van der Waals surface area contributed by atoms with E-state index in [0.717, 1.165) is 16.3 Å². The van der Waals surface area contributed by atoms with Crippen LogP contribution in [0, 0.1) is 0 Å². The van der Waals surface area contributed by atoms with Crippen LogP contribution in [0.3, 0.4) is 0 Å². The molecule has 162 valence electrons. The molecular weight excluding hydrogens is 474 g/mol. The lowest BCUT2D eigenvalue weighted by atomic mass is 10.0. The number of halogens is 1. The first kappa shape index (κ1) is 21.8. The molecule has 0 saturated carbocycles. The molecule has 7 heteroatoms. The van der Waals surface area contributed by atoms with Gasteiger partial charge in [-0.2, -0.15) is 0 Å². The molecule has 0 aliphatic carbocycles. The van der Waals surface area contributed by atoms with E-state index in [1.54, 1.807) is 18.2 Å². The van der Waals surface area contributed by atoms with Gasteiger partial charge in [-0.25, -0.2) is 9.79 Å². The maximum absolute atomic E-state index is 12.5. The van der Waals surface area contributed by atoms with Crippen LogP contribution in [0.15, 0.2) is 69.8 Å². The van der Waals surface area contributed by atoms with Gasteiger partial charge < -0.3 is 14.2 Å². The average molecular weight is 494 g/mol. The molecule has 0 bridgehead atoms. The van der Waals surface area contributed by atoms with Gasteiger partial charge >= 0.3 is 11.9 Å². The zero-order valence-corrected chi connectivity index (χ0v) is 19.1. The molecule has 0 unspecified atom stereocenters. The van der Waals surface area contributed by atoms with E-state index in [4.69, 9.17) is 14.2 Å². The van der Waals surface area contributed by atoms with Crippen molar-refractivity contribution in [3.8, 4) is 11.5 Å². The first-order chi connectivity index (χ1) is 15.5. The van der Waals surface area contributed by atoms with Crippen molar-refractivity contribution < 1.29 is 23.8 Å². The Hall–Kier alpha value is -3.45. The summed E-state index contributed by atoms with van der Waals surface area (Å²) in [7, 11) is 1.48. The predicted octanol–water partition coefficient (Wildman–Crippen LogP) is 5.66. The molecule has 0 aromatic heterocycles. The van der Waals surface area contributed by atoms with Gasteiger partial charge in [0, 0.05) is 12.0 Å². The Kier molecular flexibility index (Phi) is 6.37. The third-order valence-electron chi connectivity index (χ3n) is 4.87. The average Bonchev–Trinajstić information content (AvgIpc) is 3.15. The molecule has 32 heavy (non-hydrogen) atoms. The van der Waals surface area contributed by atoms with E-state index in [9.17, 15) is 9.59 Å². The van der Waals surface area contributed by atoms with Crippen LogP contribution in [-0.2, 0) is 14.3 Å². The Labute approximate surface area is 193 Å². The lowest BCUT2D eigenvalue weighted by Gasteiger charge is -2.12. The summed E-state index contributed by atoms with van der Waals surface area (Å²) in [4.78, 5) is 28.8. The van der Waals surface area contributed by atoms with E-state index in [0.29, 0.717) is 34.4 Å². The lowest BCUT2D eigenvalue weighted by Crippen LogP contribution is -2.08. The summed E-state index contributed by atoms with van der Waals surface area (Å²) in [5, 5.41) is 1.98. The maximum Gasteiger partial charge on any atom is 0.363 e. The normalized spacial score (nSPS) is 14.4. The van der Waals surface area contributed by atoms with Crippen molar-refractivity contribution in [2.75, 3.05) is 7.11 Å². The predicted molar refractivity (Wildman–Crippen MR) is 126 cm³/mol. The topological polar surface area (TPSA) is 74.2 Å². The molecular formula is C25H20BrNO5. The van der Waals surface area contributed by atoms with Crippen LogP contribution in [0.1, 0.15) is 30.9 Å². The number of cyclic esters (lactones) is 1. The zero-order chi connectivity index (χ0) is 22.7. The number of hydrogen-bond donors (Lipinski definition) is 0. The molecule has 0 fully saturated rings. The van der Waals surface area contributed by atoms with Crippen molar-refractivity contribution in [2.24, 2.45) is 4.99 Å². The molecule has 1 aliphatic heterocycles. The number of benzene rings is 3. The summed E-state index contributed by atoms with van der Waals surface area (Å²) in [5.74, 6) is 0.0271. The van der Waals surface area contributed by atoms with Crippen molar-refractivity contribution in [3.05, 3.63) is 75.9 Å². The van der Waals surface area contributed by atoms with Gasteiger partial charge in [-0.05, 0) is 63.0 Å². The van der Waals surface area contributed by atoms with Gasteiger partial charge in [-0.1, -0.05) is 43.3 Å². The van der Waals surface area contributed by atoms with Crippen molar-refractivity contribution in [1.29, 1.82) is 0 Å². The minimum atomic E-state index is -0.540. The van der Waals surface area contributed by atoms with Crippen LogP contribution < -0.4 is 9.47 Å². The van der Waals surface area contributed by atoms with Gasteiger partial charge in [0.25, 0.3) is 0 Å². The van der Waals surface area contributed by atoms with Gasteiger partial charge in [0.2, 0.25) is 5.90 Å². The molecule has 0 atom stereocenters. The molecule has 4 rings (SSSR count). The van der Waals surface area contributed by atoms with Crippen LogP contribution in [0.2, 0.25) is 0 Å². The largest absolute Gasteiger partial charge is 0.493 e. The first-order valence-corrected chi connectivity index (χ1v) is 10.9. The highest BCUT2D eigenvalue weighted by Crippen LogP contribution is 2.38. The number of carbonyl (C=O) groups excluding carboxylic acids is 2. The van der Waals surface area contributed by atoms with E-state index in [1.807, 2.05) is 49.4 Å². The van der Waals surface area contributed by atoms with Crippen molar-refractivity contribution >= 4 is 50.6 Å². The summed E-state index contributed by atoms with van der Waals surface area (Å²) in [5.41, 5.74) is 1.55. The molecule has 6 nitrogen and oxygen atoms in total. The number of carbonyl (C=O) groups is 2. The highest BCUT2D eigenvalue weighted by molar-refractivity contribution is 9.10. The van der Waals surface area contributed by atoms with E-state index in [-0.39, 0.29) is 17.6 Å². The second-order valence-corrected chi connectivity index (χ2v) is 7.98. The van der Waals surface area contributed by atoms with Crippen LogP contribution in [-0.4, -0.2) is 24.9 Å². The van der Waals surface area contributed by atoms with Crippen LogP contribution >= 0.6 is 15.9 Å². The standard InChI is InChI=1S/C25H20BrNO5/c1-3-7-22(28)31-23-19(26)12-15(14-21(23)30-2)13-20-25(29)32-24(27-20)18-11-6-9-16-8-4-5-10-17(16)18/h4-6,8-14H,3,7H2,1-2H3. The summed E-state index contributed by atoms with van der Waals surface area (Å²) in [6.07, 6.45) is 2.59. The van der Waals surface area contributed by atoms with Gasteiger partial charge in [0.15, 0.2) is 17.2 Å². The van der Waals surface area contributed by atoms with Gasteiger partial charge in [-0.15, -0.1) is 0 Å². The highest BCUT2D eigenvalue weighted by atomic mass is 79.9. The SMILES string of the molecule is CCCC(=O)Oc1c(Br)cc(C=C2N=C(c3cccc4ccccc34)OC2=O)cc1OC. The third-order valence-corrected chi connectivity index (χ3v) is 5.45. The van der Waals surface area contributed by atoms with Crippen LogP contribution in [0.25, 0.3) is 16.8 Å². The molecule has 3 aromatic carbocycles. The molecule has 0 saturated heterocycles. The summed E-state index contributed by atoms with van der Waals surface area (Å²) < 4.78 is 16.8. The number of fused-ring (bicyclic) bond motifs is 1. The number of ether oxygens (including phenoxy) is 3. The quantitative estimate of drug-likeness (QED) is 0.251. The number of rotatable bonds is 6. The Balaban J connectivity index is 1.69. The fraction of sp³-hybridized carbons (Fsp3) is 0.160. The second kappa shape index (κ2) is 9.36. The van der Waals surface area contributed by atoms with Gasteiger partial charge in [0.05, 0.1) is 11.6 Å². The van der Waals surface area contributed by atoms with Gasteiger partial charge in [-0.3, -0.25) is 4.79 Å². The van der Waals surface area contributed by atoms with E-state index >= 15 is 0 Å².